The van der Waals surface area contributed by atoms with Crippen LogP contribution in [0.3, 0.4) is 0 Å². The average Bonchev–Trinajstić information content (AvgIpc) is 2.47. The highest BCUT2D eigenvalue weighted by atomic mass is 16.5. The van der Waals surface area contributed by atoms with Crippen molar-refractivity contribution in [1.29, 1.82) is 0 Å². The summed E-state index contributed by atoms with van der Waals surface area (Å²) in [4.78, 5) is 15.4. The third-order valence-corrected chi connectivity index (χ3v) is 3.83. The number of aliphatic carboxylic acids is 1. The normalized spacial score (nSPS) is 19.1. The highest BCUT2D eigenvalue weighted by Gasteiger charge is 2.31. The summed E-state index contributed by atoms with van der Waals surface area (Å²) in [6, 6.07) is 7.97. The molecule has 1 aliphatic rings. The summed E-state index contributed by atoms with van der Waals surface area (Å²) < 4.78 is 5.24. The van der Waals surface area contributed by atoms with Gasteiger partial charge in [-0.2, -0.15) is 0 Å². The molecule has 0 aliphatic carbocycles. The van der Waals surface area contributed by atoms with Crippen LogP contribution in [0.1, 0.15) is 6.92 Å². The Bertz CT molecular complexity index is 497. The maximum atomic E-state index is 11.1. The number of carboxylic acid groups (broad SMARTS) is 1. The number of methoxy groups -OCH3 is 1. The smallest absolute Gasteiger partial charge is 0.324 e. The molecule has 21 heavy (non-hydrogen) atoms. The van der Waals surface area contributed by atoms with Crippen molar-refractivity contribution in [1.82, 2.24) is 4.90 Å². The molecule has 6 heteroatoms. The number of hydrogen-bond acceptors (Lipinski definition) is 5. The molecule has 0 saturated carbocycles. The topological polar surface area (TPSA) is 79.0 Å². The van der Waals surface area contributed by atoms with Crippen LogP contribution in [0.15, 0.2) is 24.3 Å². The van der Waals surface area contributed by atoms with Crippen molar-refractivity contribution in [2.75, 3.05) is 44.7 Å². The number of hydrogen-bond donors (Lipinski definition) is 2. The quantitative estimate of drug-likeness (QED) is 0.828. The first-order valence-electron chi connectivity index (χ1n) is 7.06. The van der Waals surface area contributed by atoms with E-state index in [9.17, 15) is 4.79 Å². The summed E-state index contributed by atoms with van der Waals surface area (Å²) in [5.74, 6) is -0.118. The monoisotopic (exact) mass is 293 g/mol. The summed E-state index contributed by atoms with van der Waals surface area (Å²) in [5.41, 5.74) is 5.73. The maximum absolute atomic E-state index is 11.1. The number of carboxylic acids is 1. The van der Waals surface area contributed by atoms with Gasteiger partial charge in [-0.25, -0.2) is 0 Å². The zero-order chi connectivity index (χ0) is 15.5. The summed E-state index contributed by atoms with van der Waals surface area (Å²) in [6.45, 7) is 5.23. The van der Waals surface area contributed by atoms with Crippen LogP contribution in [0.4, 0.5) is 5.69 Å². The van der Waals surface area contributed by atoms with Crippen LogP contribution in [-0.2, 0) is 4.79 Å². The summed E-state index contributed by atoms with van der Waals surface area (Å²) in [7, 11) is 1.66. The van der Waals surface area contributed by atoms with Crippen molar-refractivity contribution in [3.63, 3.8) is 0 Å². The van der Waals surface area contributed by atoms with Gasteiger partial charge in [0.2, 0.25) is 0 Å². The fraction of sp³-hybridized carbons (Fsp3) is 0.533. The van der Waals surface area contributed by atoms with E-state index >= 15 is 0 Å². The van der Waals surface area contributed by atoms with Crippen LogP contribution in [-0.4, -0.2) is 61.3 Å². The van der Waals surface area contributed by atoms with Crippen molar-refractivity contribution >= 4 is 11.7 Å². The van der Waals surface area contributed by atoms with Crippen molar-refractivity contribution in [3.8, 4) is 5.75 Å². The molecule has 1 unspecified atom stereocenters. The zero-order valence-corrected chi connectivity index (χ0v) is 12.6. The van der Waals surface area contributed by atoms with Crippen molar-refractivity contribution in [2.24, 2.45) is 5.73 Å². The molecule has 1 saturated heterocycles. The zero-order valence-electron chi connectivity index (χ0n) is 12.6. The molecule has 0 amide bonds. The van der Waals surface area contributed by atoms with Crippen LogP contribution in [0.25, 0.3) is 0 Å². The molecule has 0 spiro atoms. The molecule has 0 bridgehead atoms. The van der Waals surface area contributed by atoms with E-state index in [2.05, 4.69) is 15.9 Å². The largest absolute Gasteiger partial charge is 0.497 e. The third kappa shape index (κ3) is 3.86. The Balaban J connectivity index is 1.92. The van der Waals surface area contributed by atoms with Gasteiger partial charge in [0.1, 0.15) is 11.3 Å². The number of carbonyl (C=O) groups is 1. The number of ether oxygens (including phenoxy) is 1. The highest BCUT2D eigenvalue weighted by molar-refractivity contribution is 5.78. The van der Waals surface area contributed by atoms with Gasteiger partial charge in [-0.3, -0.25) is 9.69 Å². The fourth-order valence-electron chi connectivity index (χ4n) is 2.50. The van der Waals surface area contributed by atoms with Gasteiger partial charge in [-0.05, 0) is 19.1 Å². The molecule has 1 atom stereocenters. The Hall–Kier alpha value is -1.79. The summed E-state index contributed by atoms with van der Waals surface area (Å²) >= 11 is 0. The molecule has 116 valence electrons. The standard InChI is InChI=1S/C15H23N3O3/c1-15(16,14(19)20)11-17-6-8-18(9-7-17)12-4-3-5-13(10-12)21-2/h3-5,10H,6-9,11,16H2,1-2H3,(H,19,20). The number of nitrogens with two attached hydrogens (primary N) is 1. The van der Waals surface area contributed by atoms with Gasteiger partial charge in [0.25, 0.3) is 0 Å². The average molecular weight is 293 g/mol. The van der Waals surface area contributed by atoms with E-state index in [0.29, 0.717) is 6.54 Å². The van der Waals surface area contributed by atoms with E-state index in [1.165, 1.54) is 0 Å². The molecule has 3 N–H and O–H groups in total. The van der Waals surface area contributed by atoms with Crippen molar-refractivity contribution in [2.45, 2.75) is 12.5 Å². The molecule has 1 aromatic rings. The van der Waals surface area contributed by atoms with Crippen molar-refractivity contribution in [3.05, 3.63) is 24.3 Å². The Morgan fingerprint density at radius 1 is 1.38 bits per heavy atom. The number of piperazine rings is 1. The molecule has 6 nitrogen and oxygen atoms in total. The minimum Gasteiger partial charge on any atom is -0.497 e. The van der Waals surface area contributed by atoms with E-state index in [1.807, 2.05) is 18.2 Å². The number of rotatable bonds is 5. The lowest BCUT2D eigenvalue weighted by molar-refractivity contribution is -0.143. The molecule has 0 radical (unpaired) electrons. The SMILES string of the molecule is COc1cccc(N2CCN(CC(C)(N)C(=O)O)CC2)c1. The highest BCUT2D eigenvalue weighted by Crippen LogP contribution is 2.22. The Labute approximate surface area is 125 Å². The second-order valence-corrected chi connectivity index (χ2v) is 5.69. The van der Waals surface area contributed by atoms with Gasteiger partial charge < -0.3 is 20.5 Å². The van der Waals surface area contributed by atoms with Gasteiger partial charge >= 0.3 is 5.97 Å². The minimum absolute atomic E-state index is 0.369. The molecule has 2 rings (SSSR count). The molecule has 1 fully saturated rings. The van der Waals surface area contributed by atoms with E-state index < -0.39 is 11.5 Å². The first-order valence-corrected chi connectivity index (χ1v) is 7.06. The van der Waals surface area contributed by atoms with Gasteiger partial charge in [0.05, 0.1) is 7.11 Å². The van der Waals surface area contributed by atoms with Gasteiger partial charge in [-0.15, -0.1) is 0 Å². The van der Waals surface area contributed by atoms with Crippen LogP contribution in [0.5, 0.6) is 5.75 Å². The van der Waals surface area contributed by atoms with Gasteiger partial charge in [0, 0.05) is 44.5 Å². The molecule has 1 aliphatic heterocycles. The predicted octanol–water partition coefficient (Wildman–Crippen LogP) is 0.619. The van der Waals surface area contributed by atoms with Gasteiger partial charge in [-0.1, -0.05) is 6.07 Å². The first-order chi connectivity index (χ1) is 9.92. The first kappa shape index (κ1) is 15.6. The van der Waals surface area contributed by atoms with E-state index in [1.54, 1.807) is 14.0 Å². The Morgan fingerprint density at radius 3 is 2.62 bits per heavy atom. The van der Waals surface area contributed by atoms with Crippen LogP contribution < -0.4 is 15.4 Å². The van der Waals surface area contributed by atoms with Crippen LogP contribution in [0, 0.1) is 0 Å². The lowest BCUT2D eigenvalue weighted by Gasteiger charge is -2.38. The third-order valence-electron chi connectivity index (χ3n) is 3.83. The predicted molar refractivity (Wildman–Crippen MR) is 81.9 cm³/mol. The lowest BCUT2D eigenvalue weighted by Crippen LogP contribution is -2.57. The lowest BCUT2D eigenvalue weighted by atomic mass is 10.0. The summed E-state index contributed by atoms with van der Waals surface area (Å²) in [6.07, 6.45) is 0. The van der Waals surface area contributed by atoms with E-state index in [-0.39, 0.29) is 0 Å². The number of benzene rings is 1. The summed E-state index contributed by atoms with van der Waals surface area (Å²) in [5, 5.41) is 9.08. The van der Waals surface area contributed by atoms with E-state index in [0.717, 1.165) is 37.6 Å². The Morgan fingerprint density at radius 2 is 2.05 bits per heavy atom. The molecule has 1 aromatic carbocycles. The maximum Gasteiger partial charge on any atom is 0.324 e. The second-order valence-electron chi connectivity index (χ2n) is 5.69. The molecular formula is C15H23N3O3. The van der Waals surface area contributed by atoms with Crippen LogP contribution >= 0.6 is 0 Å². The molecule has 0 aromatic heterocycles. The molecular weight excluding hydrogens is 270 g/mol. The molecule has 1 heterocycles. The number of nitrogens with zero attached hydrogens (tertiary/aromatic N) is 2. The number of anilines is 1. The van der Waals surface area contributed by atoms with Gasteiger partial charge in [0.15, 0.2) is 0 Å². The Kier molecular flexibility index (Phi) is 4.69. The van der Waals surface area contributed by atoms with E-state index in [4.69, 9.17) is 15.6 Å². The fourth-order valence-corrected chi connectivity index (χ4v) is 2.50. The second kappa shape index (κ2) is 6.32. The minimum atomic E-state index is -1.20. The van der Waals surface area contributed by atoms with Crippen LogP contribution in [0.2, 0.25) is 0 Å². The van der Waals surface area contributed by atoms with Crippen molar-refractivity contribution < 1.29 is 14.6 Å².